The van der Waals surface area contributed by atoms with Crippen molar-refractivity contribution in [3.63, 3.8) is 0 Å². The smallest absolute Gasteiger partial charge is 0.289 e. The molecule has 0 saturated heterocycles. The van der Waals surface area contributed by atoms with E-state index in [0.717, 1.165) is 23.0 Å². The van der Waals surface area contributed by atoms with Crippen molar-refractivity contribution < 1.29 is 4.79 Å². The number of fused-ring (bicyclic) bond motifs is 1. The van der Waals surface area contributed by atoms with Gasteiger partial charge in [0.15, 0.2) is 0 Å². The number of aryl methyl sites for hydroxylation is 1. The molecule has 0 radical (unpaired) electrons. The van der Waals surface area contributed by atoms with Crippen molar-refractivity contribution in [1.82, 2.24) is 15.3 Å². The first kappa shape index (κ1) is 16.9. The first-order chi connectivity index (χ1) is 12.1. The minimum atomic E-state index is -0.273. The van der Waals surface area contributed by atoms with Crippen molar-refractivity contribution in [2.45, 2.75) is 33.2 Å². The van der Waals surface area contributed by atoms with Gasteiger partial charge in [-0.05, 0) is 50.1 Å². The lowest BCUT2D eigenvalue weighted by molar-refractivity contribution is 0.0933. The largest absolute Gasteiger partial charge is 0.347 e. The summed E-state index contributed by atoms with van der Waals surface area (Å²) in [6, 6.07) is 15.9. The molecule has 1 aromatic heterocycles. The Morgan fingerprint density at radius 3 is 2.44 bits per heavy atom. The Kier molecular flexibility index (Phi) is 4.93. The van der Waals surface area contributed by atoms with Gasteiger partial charge in [0.05, 0.1) is 5.52 Å². The van der Waals surface area contributed by atoms with E-state index in [1.165, 1.54) is 5.56 Å². The van der Waals surface area contributed by atoms with E-state index in [0.29, 0.717) is 5.82 Å². The van der Waals surface area contributed by atoms with Crippen LogP contribution in [0, 0.1) is 0 Å². The quantitative estimate of drug-likeness (QED) is 0.738. The summed E-state index contributed by atoms with van der Waals surface area (Å²) in [5.41, 5.74) is 2.94. The van der Waals surface area contributed by atoms with E-state index >= 15 is 0 Å². The summed E-state index contributed by atoms with van der Waals surface area (Å²) in [7, 11) is 0. The predicted molar refractivity (Wildman–Crippen MR) is 101 cm³/mol. The third-order valence-corrected chi connectivity index (χ3v) is 3.85. The van der Waals surface area contributed by atoms with Crippen molar-refractivity contribution in [2.24, 2.45) is 0 Å². The van der Waals surface area contributed by atoms with Gasteiger partial charge in [0.25, 0.3) is 5.91 Å². The van der Waals surface area contributed by atoms with Crippen LogP contribution in [0.5, 0.6) is 0 Å². The lowest BCUT2D eigenvalue weighted by Gasteiger charge is -2.12. The normalized spacial score (nSPS) is 10.9. The summed E-state index contributed by atoms with van der Waals surface area (Å²) in [6.45, 7) is 5.95. The van der Waals surface area contributed by atoms with E-state index < -0.39 is 0 Å². The Labute approximate surface area is 147 Å². The van der Waals surface area contributed by atoms with Crippen LogP contribution in [0.25, 0.3) is 10.9 Å². The Balaban J connectivity index is 2.00. The number of benzene rings is 2. The van der Waals surface area contributed by atoms with Crippen LogP contribution in [0.1, 0.15) is 37.0 Å². The van der Waals surface area contributed by atoms with Crippen molar-refractivity contribution in [3.8, 4) is 0 Å². The standard InChI is InChI=1S/C20H22N4O/c1-4-14-9-11-15(12-10-14)22-18-16-7-5-6-8-17(16)23-19(24-18)20(25)21-13(2)3/h5-13H,4H2,1-3H3,(H,21,25)(H,22,23,24). The van der Waals surface area contributed by atoms with Gasteiger partial charge in [-0.1, -0.05) is 31.2 Å². The molecule has 2 aromatic carbocycles. The second-order valence-corrected chi connectivity index (χ2v) is 6.22. The number of para-hydroxylation sites is 1. The van der Waals surface area contributed by atoms with E-state index in [9.17, 15) is 4.79 Å². The number of anilines is 2. The lowest BCUT2D eigenvalue weighted by Crippen LogP contribution is -2.31. The van der Waals surface area contributed by atoms with E-state index in [1.54, 1.807) is 0 Å². The molecular weight excluding hydrogens is 312 g/mol. The third kappa shape index (κ3) is 3.94. The zero-order chi connectivity index (χ0) is 17.8. The third-order valence-electron chi connectivity index (χ3n) is 3.85. The highest BCUT2D eigenvalue weighted by Crippen LogP contribution is 2.24. The maximum absolute atomic E-state index is 12.3. The van der Waals surface area contributed by atoms with Crippen molar-refractivity contribution in [1.29, 1.82) is 0 Å². The number of nitrogens with zero attached hydrogens (tertiary/aromatic N) is 2. The second kappa shape index (κ2) is 7.30. The second-order valence-electron chi connectivity index (χ2n) is 6.22. The minimum Gasteiger partial charge on any atom is -0.347 e. The van der Waals surface area contributed by atoms with Crippen LogP contribution in [-0.2, 0) is 6.42 Å². The van der Waals surface area contributed by atoms with Gasteiger partial charge in [0.2, 0.25) is 5.82 Å². The highest BCUT2D eigenvalue weighted by molar-refractivity contribution is 5.97. The Hall–Kier alpha value is -2.95. The van der Waals surface area contributed by atoms with Gasteiger partial charge in [-0.2, -0.15) is 0 Å². The molecule has 0 aliphatic carbocycles. The fourth-order valence-electron chi connectivity index (χ4n) is 2.56. The van der Waals surface area contributed by atoms with Crippen LogP contribution in [0.4, 0.5) is 11.5 Å². The first-order valence-corrected chi connectivity index (χ1v) is 8.50. The minimum absolute atomic E-state index is 0.0283. The lowest BCUT2D eigenvalue weighted by atomic mass is 10.1. The summed E-state index contributed by atoms with van der Waals surface area (Å²) >= 11 is 0. The molecule has 25 heavy (non-hydrogen) atoms. The van der Waals surface area contributed by atoms with E-state index in [1.807, 2.05) is 50.2 Å². The van der Waals surface area contributed by atoms with Gasteiger partial charge in [0.1, 0.15) is 5.82 Å². The zero-order valence-corrected chi connectivity index (χ0v) is 14.7. The predicted octanol–water partition coefficient (Wildman–Crippen LogP) is 4.07. The van der Waals surface area contributed by atoms with Crippen molar-refractivity contribution >= 4 is 28.3 Å². The molecular formula is C20H22N4O. The van der Waals surface area contributed by atoms with Crippen molar-refractivity contribution in [2.75, 3.05) is 5.32 Å². The van der Waals surface area contributed by atoms with Crippen LogP contribution in [0.3, 0.4) is 0 Å². The highest BCUT2D eigenvalue weighted by atomic mass is 16.2. The molecule has 3 rings (SSSR count). The molecule has 0 saturated carbocycles. The molecule has 0 atom stereocenters. The fraction of sp³-hybridized carbons (Fsp3) is 0.250. The molecule has 2 N–H and O–H groups in total. The topological polar surface area (TPSA) is 66.9 Å². The van der Waals surface area contributed by atoms with Crippen LogP contribution in [0.2, 0.25) is 0 Å². The number of hydrogen-bond acceptors (Lipinski definition) is 4. The van der Waals surface area contributed by atoms with Crippen LogP contribution in [-0.4, -0.2) is 21.9 Å². The molecule has 5 nitrogen and oxygen atoms in total. The van der Waals surface area contributed by atoms with Crippen molar-refractivity contribution in [3.05, 3.63) is 59.9 Å². The Morgan fingerprint density at radius 1 is 1.04 bits per heavy atom. The monoisotopic (exact) mass is 334 g/mol. The zero-order valence-electron chi connectivity index (χ0n) is 14.7. The molecule has 0 aliphatic heterocycles. The number of carbonyl (C=O) groups excluding carboxylic acids is 1. The van der Waals surface area contributed by atoms with Gasteiger partial charge >= 0.3 is 0 Å². The Morgan fingerprint density at radius 2 is 1.76 bits per heavy atom. The SMILES string of the molecule is CCc1ccc(Nc2nc(C(=O)NC(C)C)nc3ccccc23)cc1. The van der Waals surface area contributed by atoms with Crippen LogP contribution in [0.15, 0.2) is 48.5 Å². The summed E-state index contributed by atoms with van der Waals surface area (Å²) in [6.07, 6.45) is 0.996. The average Bonchev–Trinajstić information content (AvgIpc) is 2.61. The van der Waals surface area contributed by atoms with E-state index in [2.05, 4.69) is 39.7 Å². The molecule has 1 heterocycles. The maximum atomic E-state index is 12.3. The number of amides is 1. The van der Waals surface area contributed by atoms with Crippen LogP contribution >= 0.6 is 0 Å². The first-order valence-electron chi connectivity index (χ1n) is 8.50. The summed E-state index contributed by atoms with van der Waals surface area (Å²) < 4.78 is 0. The summed E-state index contributed by atoms with van der Waals surface area (Å²) in [4.78, 5) is 21.2. The fourth-order valence-corrected chi connectivity index (χ4v) is 2.56. The van der Waals surface area contributed by atoms with Gasteiger partial charge in [-0.3, -0.25) is 4.79 Å². The number of nitrogens with one attached hydrogen (secondary N) is 2. The highest BCUT2D eigenvalue weighted by Gasteiger charge is 2.14. The van der Waals surface area contributed by atoms with Gasteiger partial charge < -0.3 is 10.6 Å². The molecule has 0 aliphatic rings. The molecule has 5 heteroatoms. The van der Waals surface area contributed by atoms with Crippen LogP contribution < -0.4 is 10.6 Å². The molecule has 0 fully saturated rings. The maximum Gasteiger partial charge on any atom is 0.289 e. The molecule has 1 amide bonds. The van der Waals surface area contributed by atoms with E-state index in [-0.39, 0.29) is 17.8 Å². The van der Waals surface area contributed by atoms with E-state index in [4.69, 9.17) is 0 Å². The number of aromatic nitrogens is 2. The van der Waals surface area contributed by atoms with Gasteiger partial charge in [-0.25, -0.2) is 9.97 Å². The molecule has 3 aromatic rings. The molecule has 128 valence electrons. The van der Waals surface area contributed by atoms with Gasteiger partial charge in [0, 0.05) is 17.1 Å². The summed E-state index contributed by atoms with van der Waals surface area (Å²) in [5, 5.41) is 7.03. The molecule has 0 bridgehead atoms. The average molecular weight is 334 g/mol. The number of carbonyl (C=O) groups is 1. The number of hydrogen-bond donors (Lipinski definition) is 2. The molecule has 0 unspecified atom stereocenters. The van der Waals surface area contributed by atoms with Gasteiger partial charge in [-0.15, -0.1) is 0 Å². The number of rotatable bonds is 5. The molecule has 0 spiro atoms. The Bertz CT molecular complexity index is 888. The summed E-state index contributed by atoms with van der Waals surface area (Å²) in [5.74, 6) is 0.522.